The van der Waals surface area contributed by atoms with Crippen LogP contribution in [0, 0.1) is 12.8 Å². The number of rotatable bonds is 7. The van der Waals surface area contributed by atoms with Gasteiger partial charge in [-0.1, -0.05) is 37.6 Å². The number of ether oxygens (including phenoxy) is 1. The first-order valence-corrected chi connectivity index (χ1v) is 12.1. The molecular weight excluding hydrogens is 438 g/mol. The molecule has 6 heteroatoms. The van der Waals surface area contributed by atoms with Gasteiger partial charge in [-0.2, -0.15) is 0 Å². The zero-order chi connectivity index (χ0) is 24.8. The van der Waals surface area contributed by atoms with Gasteiger partial charge in [0.1, 0.15) is 5.75 Å². The third-order valence-corrected chi connectivity index (χ3v) is 6.04. The molecule has 0 bridgehead atoms. The zero-order valence-corrected chi connectivity index (χ0v) is 20.7. The molecule has 1 aliphatic heterocycles. The van der Waals surface area contributed by atoms with Crippen molar-refractivity contribution in [2.24, 2.45) is 5.92 Å². The molecule has 35 heavy (non-hydrogen) atoms. The largest absolute Gasteiger partial charge is 0.493 e. The van der Waals surface area contributed by atoms with E-state index >= 15 is 0 Å². The van der Waals surface area contributed by atoms with Crippen LogP contribution >= 0.6 is 0 Å². The van der Waals surface area contributed by atoms with Gasteiger partial charge >= 0.3 is 0 Å². The molecule has 3 aromatic carbocycles. The summed E-state index contributed by atoms with van der Waals surface area (Å²) in [5.74, 6) is 1.03. The molecule has 6 nitrogen and oxygen atoms in total. The summed E-state index contributed by atoms with van der Waals surface area (Å²) in [5.41, 5.74) is 4.26. The van der Waals surface area contributed by atoms with Gasteiger partial charge in [0.05, 0.1) is 6.61 Å². The molecule has 1 N–H and O–H groups in total. The second kappa shape index (κ2) is 11.1. The number of nitrogens with zero attached hydrogens (tertiary/aromatic N) is 2. The highest BCUT2D eigenvalue weighted by molar-refractivity contribution is 6.04. The van der Waals surface area contributed by atoms with Crippen LogP contribution in [-0.2, 0) is 0 Å². The first-order valence-electron chi connectivity index (χ1n) is 12.1. The molecule has 0 spiro atoms. The van der Waals surface area contributed by atoms with Crippen molar-refractivity contribution in [3.63, 3.8) is 0 Å². The molecule has 4 rings (SSSR count). The Labute approximate surface area is 207 Å². The number of anilines is 2. The monoisotopic (exact) mass is 471 g/mol. The molecule has 1 aliphatic rings. The first-order chi connectivity index (χ1) is 16.9. The van der Waals surface area contributed by atoms with Gasteiger partial charge in [0.15, 0.2) is 0 Å². The van der Waals surface area contributed by atoms with E-state index in [1.807, 2.05) is 72.5 Å². The van der Waals surface area contributed by atoms with Gasteiger partial charge in [0.2, 0.25) is 0 Å². The van der Waals surface area contributed by atoms with Gasteiger partial charge in [-0.05, 0) is 67.4 Å². The summed E-state index contributed by atoms with van der Waals surface area (Å²) in [6, 6.07) is 22.8. The maximum Gasteiger partial charge on any atom is 0.255 e. The van der Waals surface area contributed by atoms with Gasteiger partial charge in [-0.15, -0.1) is 0 Å². The summed E-state index contributed by atoms with van der Waals surface area (Å²) in [7, 11) is 0. The van der Waals surface area contributed by atoms with Crippen LogP contribution in [0.3, 0.4) is 0 Å². The Balaban J connectivity index is 1.31. The fourth-order valence-electron chi connectivity index (χ4n) is 4.00. The molecule has 1 fully saturated rings. The SMILES string of the molecule is Cc1ccc(C(=O)N2CCN(c3ccc(NC(=O)c4cccc(OCC(C)C)c4)cc3)CC2)cc1. The van der Waals surface area contributed by atoms with E-state index in [2.05, 4.69) is 24.1 Å². The maximum absolute atomic E-state index is 12.8. The Morgan fingerprint density at radius 1 is 0.886 bits per heavy atom. The van der Waals surface area contributed by atoms with E-state index in [9.17, 15) is 9.59 Å². The lowest BCUT2D eigenvalue weighted by Gasteiger charge is -2.36. The minimum Gasteiger partial charge on any atom is -0.493 e. The molecule has 1 heterocycles. The van der Waals surface area contributed by atoms with Crippen molar-refractivity contribution >= 4 is 23.2 Å². The van der Waals surface area contributed by atoms with Crippen LogP contribution in [0.4, 0.5) is 11.4 Å². The smallest absolute Gasteiger partial charge is 0.255 e. The van der Waals surface area contributed by atoms with E-state index in [1.165, 1.54) is 0 Å². The molecule has 0 saturated carbocycles. The third kappa shape index (κ3) is 6.41. The fraction of sp³-hybridized carbons (Fsp3) is 0.310. The van der Waals surface area contributed by atoms with E-state index in [4.69, 9.17) is 4.74 Å². The quantitative estimate of drug-likeness (QED) is 0.512. The van der Waals surface area contributed by atoms with E-state index in [0.717, 1.165) is 35.6 Å². The highest BCUT2D eigenvalue weighted by Gasteiger charge is 2.22. The van der Waals surface area contributed by atoms with Crippen molar-refractivity contribution in [1.82, 2.24) is 4.90 Å². The Bertz CT molecular complexity index is 1150. The highest BCUT2D eigenvalue weighted by atomic mass is 16.5. The van der Waals surface area contributed by atoms with Gasteiger partial charge in [-0.25, -0.2) is 0 Å². The number of amides is 2. The normalized spacial score (nSPS) is 13.6. The van der Waals surface area contributed by atoms with E-state index in [0.29, 0.717) is 36.9 Å². The molecule has 0 radical (unpaired) electrons. The van der Waals surface area contributed by atoms with E-state index < -0.39 is 0 Å². The van der Waals surface area contributed by atoms with Crippen LogP contribution in [0.25, 0.3) is 0 Å². The standard InChI is InChI=1S/C29H33N3O3/c1-21(2)20-35-27-6-4-5-24(19-27)28(33)30-25-11-13-26(14-12-25)31-15-17-32(18-16-31)29(34)23-9-7-22(3)8-10-23/h4-14,19,21H,15-18,20H2,1-3H3,(H,30,33). The third-order valence-electron chi connectivity index (χ3n) is 6.04. The molecule has 0 aliphatic carbocycles. The number of carbonyl (C=O) groups is 2. The summed E-state index contributed by atoms with van der Waals surface area (Å²) in [6.45, 7) is 9.71. The van der Waals surface area contributed by atoms with Crippen molar-refractivity contribution in [2.75, 3.05) is 43.0 Å². The number of hydrogen-bond acceptors (Lipinski definition) is 4. The predicted molar refractivity (Wildman–Crippen MR) is 140 cm³/mol. The summed E-state index contributed by atoms with van der Waals surface area (Å²) in [6.07, 6.45) is 0. The van der Waals surface area contributed by atoms with Gasteiger partial charge in [0.25, 0.3) is 11.8 Å². The first kappa shape index (κ1) is 24.3. The van der Waals surface area contributed by atoms with Crippen LogP contribution in [0.5, 0.6) is 5.75 Å². The summed E-state index contributed by atoms with van der Waals surface area (Å²) >= 11 is 0. The Morgan fingerprint density at radius 3 is 2.23 bits per heavy atom. The minimum atomic E-state index is -0.170. The molecule has 0 aromatic heterocycles. The number of aryl methyl sites for hydroxylation is 1. The minimum absolute atomic E-state index is 0.0846. The Morgan fingerprint density at radius 2 is 1.57 bits per heavy atom. The summed E-state index contributed by atoms with van der Waals surface area (Å²) < 4.78 is 5.73. The van der Waals surface area contributed by atoms with Crippen LogP contribution in [0.2, 0.25) is 0 Å². The van der Waals surface area contributed by atoms with Crippen LogP contribution in [-0.4, -0.2) is 49.5 Å². The van der Waals surface area contributed by atoms with Gasteiger partial charge < -0.3 is 19.9 Å². The molecule has 0 unspecified atom stereocenters. The number of benzene rings is 3. The van der Waals surface area contributed by atoms with E-state index in [1.54, 1.807) is 12.1 Å². The topological polar surface area (TPSA) is 61.9 Å². The zero-order valence-electron chi connectivity index (χ0n) is 20.7. The fourth-order valence-corrected chi connectivity index (χ4v) is 4.00. The highest BCUT2D eigenvalue weighted by Crippen LogP contribution is 2.22. The number of carbonyl (C=O) groups excluding carboxylic acids is 2. The van der Waals surface area contributed by atoms with Crippen molar-refractivity contribution < 1.29 is 14.3 Å². The van der Waals surface area contributed by atoms with E-state index in [-0.39, 0.29) is 11.8 Å². The average molecular weight is 472 g/mol. The van der Waals surface area contributed by atoms with Crippen LogP contribution in [0.15, 0.2) is 72.8 Å². The molecule has 0 atom stereocenters. The van der Waals surface area contributed by atoms with Crippen LogP contribution < -0.4 is 15.0 Å². The predicted octanol–water partition coefficient (Wildman–Crippen LogP) is 5.24. The second-order valence-electron chi connectivity index (χ2n) is 9.38. The molecule has 3 aromatic rings. The molecular formula is C29H33N3O3. The lowest BCUT2D eigenvalue weighted by Crippen LogP contribution is -2.48. The molecule has 2 amide bonds. The van der Waals surface area contributed by atoms with Gasteiger partial charge in [0, 0.05) is 48.7 Å². The number of hydrogen-bond donors (Lipinski definition) is 1. The van der Waals surface area contributed by atoms with Crippen molar-refractivity contribution in [1.29, 1.82) is 0 Å². The lowest BCUT2D eigenvalue weighted by molar-refractivity contribution is 0.0746. The van der Waals surface area contributed by atoms with Crippen molar-refractivity contribution in [3.8, 4) is 5.75 Å². The van der Waals surface area contributed by atoms with Crippen LogP contribution in [0.1, 0.15) is 40.1 Å². The Hall–Kier alpha value is -3.80. The van der Waals surface area contributed by atoms with Crippen molar-refractivity contribution in [3.05, 3.63) is 89.5 Å². The summed E-state index contributed by atoms with van der Waals surface area (Å²) in [4.78, 5) is 29.7. The Kier molecular flexibility index (Phi) is 7.70. The molecule has 1 saturated heterocycles. The number of nitrogens with one attached hydrogen (secondary N) is 1. The number of piperazine rings is 1. The second-order valence-corrected chi connectivity index (χ2v) is 9.38. The average Bonchev–Trinajstić information content (AvgIpc) is 2.88. The summed E-state index contributed by atoms with van der Waals surface area (Å²) in [5, 5.41) is 2.96. The molecule has 182 valence electrons. The van der Waals surface area contributed by atoms with Gasteiger partial charge in [-0.3, -0.25) is 9.59 Å². The van der Waals surface area contributed by atoms with Crippen molar-refractivity contribution in [2.45, 2.75) is 20.8 Å². The maximum atomic E-state index is 12.8. The lowest BCUT2D eigenvalue weighted by atomic mass is 10.1.